The van der Waals surface area contributed by atoms with Gasteiger partial charge in [-0.05, 0) is 37.7 Å². The first kappa shape index (κ1) is 14.6. The number of carbonyl (C=O) groups is 1. The van der Waals surface area contributed by atoms with E-state index in [1.54, 1.807) is 0 Å². The Hall–Kier alpha value is -1.35. The average molecular weight is 286 g/mol. The lowest BCUT2D eigenvalue weighted by atomic mass is 9.88. The first-order valence-electron chi connectivity index (χ1n) is 8.12. The third-order valence-electron chi connectivity index (χ3n) is 5.13. The van der Waals surface area contributed by atoms with Crippen molar-refractivity contribution in [3.8, 4) is 0 Å². The first-order chi connectivity index (χ1) is 9.98. The third kappa shape index (κ3) is 2.84. The van der Waals surface area contributed by atoms with Gasteiger partial charge >= 0.3 is 0 Å². The molecule has 0 radical (unpaired) electrons. The number of benzene rings is 1. The van der Waals surface area contributed by atoms with Crippen molar-refractivity contribution in [2.45, 2.75) is 58.7 Å². The van der Waals surface area contributed by atoms with E-state index in [4.69, 9.17) is 0 Å². The fourth-order valence-corrected chi connectivity index (χ4v) is 3.77. The molecule has 1 aromatic rings. The zero-order valence-electron chi connectivity index (χ0n) is 13.4. The predicted molar refractivity (Wildman–Crippen MR) is 84.8 cm³/mol. The summed E-state index contributed by atoms with van der Waals surface area (Å²) in [6, 6.07) is 8.45. The van der Waals surface area contributed by atoms with Gasteiger partial charge in [0.25, 0.3) is 0 Å². The molecule has 1 heterocycles. The number of aryl methyl sites for hydroxylation is 1. The molecule has 1 aliphatic heterocycles. The predicted octanol–water partition coefficient (Wildman–Crippen LogP) is 3.39. The Morgan fingerprint density at radius 2 is 1.86 bits per heavy atom. The van der Waals surface area contributed by atoms with Crippen molar-refractivity contribution in [1.82, 2.24) is 10.2 Å². The van der Waals surface area contributed by atoms with Crippen LogP contribution >= 0.6 is 0 Å². The largest absolute Gasteiger partial charge is 0.321 e. The number of hydrogen-bond acceptors (Lipinski definition) is 2. The second-order valence-corrected chi connectivity index (χ2v) is 7.19. The Morgan fingerprint density at radius 1 is 1.24 bits per heavy atom. The molecule has 0 spiro atoms. The van der Waals surface area contributed by atoms with Gasteiger partial charge < -0.3 is 4.90 Å². The number of nitrogens with zero attached hydrogens (tertiary/aromatic N) is 1. The molecular formula is C18H26N2O. The number of rotatable bonds is 3. The minimum atomic E-state index is -0.0821. The quantitative estimate of drug-likeness (QED) is 0.923. The molecule has 1 N–H and O–H groups in total. The van der Waals surface area contributed by atoms with Gasteiger partial charge in [-0.3, -0.25) is 10.1 Å². The lowest BCUT2D eigenvalue weighted by Gasteiger charge is -2.33. The molecule has 3 nitrogen and oxygen atoms in total. The second-order valence-electron chi connectivity index (χ2n) is 7.19. The first-order valence-corrected chi connectivity index (χ1v) is 8.12. The van der Waals surface area contributed by atoms with E-state index in [0.717, 1.165) is 6.54 Å². The summed E-state index contributed by atoms with van der Waals surface area (Å²) in [4.78, 5) is 14.6. The zero-order chi connectivity index (χ0) is 15.0. The van der Waals surface area contributed by atoms with Gasteiger partial charge in [0.1, 0.15) is 6.17 Å². The van der Waals surface area contributed by atoms with Crippen LogP contribution in [-0.2, 0) is 4.79 Å². The van der Waals surface area contributed by atoms with Crippen molar-refractivity contribution in [3.05, 3.63) is 35.4 Å². The average Bonchev–Trinajstić information content (AvgIpc) is 2.99. The number of carbonyl (C=O) groups excluding carboxylic acids is 1. The molecule has 1 amide bonds. The summed E-state index contributed by atoms with van der Waals surface area (Å²) in [6.45, 7) is 7.28. The Morgan fingerprint density at radius 3 is 2.48 bits per heavy atom. The van der Waals surface area contributed by atoms with Crippen LogP contribution in [0.15, 0.2) is 24.3 Å². The Labute approximate surface area is 127 Å². The lowest BCUT2D eigenvalue weighted by Crippen LogP contribution is -2.38. The molecule has 21 heavy (non-hydrogen) atoms. The molecule has 2 fully saturated rings. The highest BCUT2D eigenvalue weighted by Crippen LogP contribution is 2.40. The topological polar surface area (TPSA) is 32.3 Å². The Kier molecular flexibility index (Phi) is 3.78. The van der Waals surface area contributed by atoms with Crippen LogP contribution in [0.2, 0.25) is 0 Å². The second kappa shape index (κ2) is 5.45. The van der Waals surface area contributed by atoms with E-state index in [-0.39, 0.29) is 18.1 Å². The molecule has 1 aromatic carbocycles. The highest BCUT2D eigenvalue weighted by Gasteiger charge is 2.41. The van der Waals surface area contributed by atoms with Crippen LogP contribution in [0.25, 0.3) is 0 Å². The summed E-state index contributed by atoms with van der Waals surface area (Å²) in [6.07, 6.45) is 5.12. The summed E-state index contributed by atoms with van der Waals surface area (Å²) >= 11 is 0. The van der Waals surface area contributed by atoms with Crippen molar-refractivity contribution >= 4 is 5.91 Å². The van der Waals surface area contributed by atoms with Crippen LogP contribution in [0.3, 0.4) is 0 Å². The van der Waals surface area contributed by atoms with Crippen LogP contribution in [0, 0.1) is 12.3 Å². The highest BCUT2D eigenvalue weighted by atomic mass is 16.2. The van der Waals surface area contributed by atoms with E-state index in [9.17, 15) is 4.79 Å². The molecule has 1 saturated heterocycles. The van der Waals surface area contributed by atoms with Gasteiger partial charge in [0.05, 0.1) is 6.04 Å². The van der Waals surface area contributed by atoms with Gasteiger partial charge in [-0.1, -0.05) is 49.6 Å². The molecule has 0 aromatic heterocycles. The van der Waals surface area contributed by atoms with Gasteiger partial charge in [-0.15, -0.1) is 0 Å². The summed E-state index contributed by atoms with van der Waals surface area (Å²) in [5.74, 6) is 0.244. The Bertz CT molecular complexity index is 517. The van der Waals surface area contributed by atoms with E-state index < -0.39 is 0 Å². The molecule has 3 rings (SSSR count). The zero-order valence-corrected chi connectivity index (χ0v) is 13.4. The van der Waals surface area contributed by atoms with Gasteiger partial charge in [0.15, 0.2) is 0 Å². The normalized spacial score (nSPS) is 28.3. The molecule has 2 atom stereocenters. The van der Waals surface area contributed by atoms with Crippen LogP contribution in [0.4, 0.5) is 0 Å². The maximum Gasteiger partial charge on any atom is 0.241 e. The van der Waals surface area contributed by atoms with Crippen LogP contribution in [0.1, 0.15) is 56.8 Å². The van der Waals surface area contributed by atoms with Crippen LogP contribution in [0.5, 0.6) is 0 Å². The third-order valence-corrected chi connectivity index (χ3v) is 5.13. The van der Waals surface area contributed by atoms with Crippen LogP contribution < -0.4 is 5.32 Å². The van der Waals surface area contributed by atoms with E-state index in [0.29, 0.717) is 5.41 Å². The maximum absolute atomic E-state index is 12.5. The minimum absolute atomic E-state index is 0.0329. The smallest absolute Gasteiger partial charge is 0.241 e. The number of nitrogens with one attached hydrogen (secondary N) is 1. The standard InChI is InChI=1S/C18H26N2O/c1-13-6-8-15(9-7-13)16-19-14(2)17(21)20(16)12-18(3)10-4-5-11-18/h6-9,14,16,19H,4-5,10-12H2,1-3H3. The molecule has 2 unspecified atom stereocenters. The molecule has 2 aliphatic rings. The van der Waals surface area contributed by atoms with Crippen molar-refractivity contribution in [1.29, 1.82) is 0 Å². The van der Waals surface area contributed by atoms with Gasteiger partial charge in [-0.2, -0.15) is 0 Å². The maximum atomic E-state index is 12.5. The lowest BCUT2D eigenvalue weighted by molar-refractivity contribution is -0.131. The van der Waals surface area contributed by atoms with E-state index in [1.165, 1.54) is 36.8 Å². The summed E-state index contributed by atoms with van der Waals surface area (Å²) < 4.78 is 0. The summed E-state index contributed by atoms with van der Waals surface area (Å²) in [7, 11) is 0. The highest BCUT2D eigenvalue weighted by molar-refractivity contribution is 5.84. The summed E-state index contributed by atoms with van der Waals surface area (Å²) in [5.41, 5.74) is 2.75. The van der Waals surface area contributed by atoms with Crippen molar-refractivity contribution in [3.63, 3.8) is 0 Å². The minimum Gasteiger partial charge on any atom is -0.321 e. The summed E-state index contributed by atoms with van der Waals surface area (Å²) in [5, 5.41) is 3.46. The monoisotopic (exact) mass is 286 g/mol. The molecule has 3 heteroatoms. The fourth-order valence-electron chi connectivity index (χ4n) is 3.77. The Balaban J connectivity index is 1.84. The SMILES string of the molecule is Cc1ccc(C2NC(C)C(=O)N2CC2(C)CCCC2)cc1. The van der Waals surface area contributed by atoms with Crippen LogP contribution in [-0.4, -0.2) is 23.4 Å². The molecular weight excluding hydrogens is 260 g/mol. The van der Waals surface area contributed by atoms with Crippen molar-refractivity contribution in [2.24, 2.45) is 5.41 Å². The number of amides is 1. The van der Waals surface area contributed by atoms with E-state index in [1.807, 2.05) is 6.92 Å². The van der Waals surface area contributed by atoms with E-state index in [2.05, 4.69) is 48.3 Å². The molecule has 1 saturated carbocycles. The molecule has 114 valence electrons. The van der Waals surface area contributed by atoms with Gasteiger partial charge in [0.2, 0.25) is 5.91 Å². The molecule has 0 bridgehead atoms. The molecule has 1 aliphatic carbocycles. The van der Waals surface area contributed by atoms with Crippen molar-refractivity contribution < 1.29 is 4.79 Å². The van der Waals surface area contributed by atoms with E-state index >= 15 is 0 Å². The fraction of sp³-hybridized carbons (Fsp3) is 0.611. The van der Waals surface area contributed by atoms with Gasteiger partial charge in [0, 0.05) is 6.54 Å². The number of hydrogen-bond donors (Lipinski definition) is 1. The van der Waals surface area contributed by atoms with Gasteiger partial charge in [-0.25, -0.2) is 0 Å². The van der Waals surface area contributed by atoms with Crippen molar-refractivity contribution in [2.75, 3.05) is 6.54 Å².